The molecule has 0 aromatic heterocycles. The second kappa shape index (κ2) is 14.7. The van der Waals surface area contributed by atoms with Gasteiger partial charge in [-0.1, -0.05) is 112 Å². The van der Waals surface area contributed by atoms with Gasteiger partial charge in [-0.3, -0.25) is 9.59 Å². The lowest BCUT2D eigenvalue weighted by molar-refractivity contribution is -0.143. The first-order valence-electron chi connectivity index (χ1n) is 14.8. The predicted molar refractivity (Wildman–Crippen MR) is 173 cm³/mol. The molecule has 0 saturated heterocycles. The van der Waals surface area contributed by atoms with Gasteiger partial charge >= 0.3 is 12.4 Å². The SMILES string of the molecule is CC(C)(C)[C@@H](NC(=O)c1cc(C(F)(F)F)cc(C(F)(F)F)c1)C(=O)N[C@@H](Cc1ccccc1)CP(c1ccccc1)c1ccccc1. The maximum Gasteiger partial charge on any atom is 0.416 e. The van der Waals surface area contributed by atoms with Crippen LogP contribution < -0.4 is 21.2 Å². The third-order valence-corrected chi connectivity index (χ3v) is 10.1. The van der Waals surface area contributed by atoms with E-state index in [9.17, 15) is 35.9 Å². The van der Waals surface area contributed by atoms with Crippen LogP contribution in [0, 0.1) is 5.41 Å². The molecule has 0 aliphatic heterocycles. The highest BCUT2D eigenvalue weighted by Gasteiger charge is 2.39. The molecular weight excluding hydrogens is 637 g/mol. The minimum Gasteiger partial charge on any atom is -0.351 e. The van der Waals surface area contributed by atoms with Crippen molar-refractivity contribution in [1.29, 1.82) is 0 Å². The lowest BCUT2D eigenvalue weighted by Gasteiger charge is -2.33. The average Bonchev–Trinajstić information content (AvgIpc) is 3.02. The van der Waals surface area contributed by atoms with E-state index in [4.69, 9.17) is 0 Å². The summed E-state index contributed by atoms with van der Waals surface area (Å²) in [5.74, 6) is -1.84. The van der Waals surface area contributed by atoms with Crippen molar-refractivity contribution < 1.29 is 35.9 Å². The highest BCUT2D eigenvalue weighted by atomic mass is 31.1. The van der Waals surface area contributed by atoms with Crippen molar-refractivity contribution in [2.24, 2.45) is 5.41 Å². The van der Waals surface area contributed by atoms with E-state index in [0.717, 1.165) is 16.2 Å². The van der Waals surface area contributed by atoms with Gasteiger partial charge < -0.3 is 10.6 Å². The zero-order chi connectivity index (χ0) is 34.4. The zero-order valence-electron chi connectivity index (χ0n) is 26.0. The third-order valence-electron chi connectivity index (χ3n) is 7.46. The van der Waals surface area contributed by atoms with E-state index in [0.29, 0.717) is 24.7 Å². The first kappa shape index (κ1) is 35.7. The van der Waals surface area contributed by atoms with Gasteiger partial charge in [0.25, 0.3) is 5.91 Å². The molecule has 248 valence electrons. The lowest BCUT2D eigenvalue weighted by atomic mass is 9.85. The summed E-state index contributed by atoms with van der Waals surface area (Å²) in [6.45, 7) is 4.95. The zero-order valence-corrected chi connectivity index (χ0v) is 26.9. The van der Waals surface area contributed by atoms with Crippen molar-refractivity contribution in [2.75, 3.05) is 6.16 Å². The van der Waals surface area contributed by atoms with Crippen LogP contribution in [0.1, 0.15) is 47.8 Å². The molecule has 2 amide bonds. The molecule has 0 unspecified atom stereocenters. The molecule has 4 nitrogen and oxygen atoms in total. The van der Waals surface area contributed by atoms with Crippen LogP contribution in [0.3, 0.4) is 0 Å². The first-order valence-corrected chi connectivity index (χ1v) is 16.4. The molecule has 4 aromatic carbocycles. The maximum absolute atomic E-state index is 14.0. The number of carbonyl (C=O) groups is 2. The van der Waals surface area contributed by atoms with E-state index in [2.05, 4.69) is 10.6 Å². The van der Waals surface area contributed by atoms with Crippen LogP contribution in [0.5, 0.6) is 0 Å². The quantitative estimate of drug-likeness (QED) is 0.134. The molecule has 0 aliphatic carbocycles. The fraction of sp³-hybridized carbons (Fsp3) is 0.278. The fourth-order valence-electron chi connectivity index (χ4n) is 5.12. The Labute approximate surface area is 271 Å². The summed E-state index contributed by atoms with van der Waals surface area (Å²) in [6.07, 6.45) is -9.29. The summed E-state index contributed by atoms with van der Waals surface area (Å²) in [5.41, 5.74) is -4.10. The molecule has 2 N–H and O–H groups in total. The molecule has 0 heterocycles. The average molecular weight is 673 g/mol. The summed E-state index contributed by atoms with van der Waals surface area (Å²) in [7, 11) is -0.962. The molecule has 0 aliphatic rings. The molecule has 0 radical (unpaired) electrons. The van der Waals surface area contributed by atoms with Crippen molar-refractivity contribution >= 4 is 30.3 Å². The van der Waals surface area contributed by atoms with Crippen LogP contribution in [0.2, 0.25) is 0 Å². The number of hydrogen-bond acceptors (Lipinski definition) is 2. The summed E-state index contributed by atoms with van der Waals surface area (Å²) in [4.78, 5) is 27.3. The van der Waals surface area contributed by atoms with Crippen molar-refractivity contribution in [2.45, 2.75) is 51.6 Å². The van der Waals surface area contributed by atoms with Crippen LogP contribution in [0.4, 0.5) is 26.3 Å². The number of hydrogen-bond donors (Lipinski definition) is 2. The molecule has 0 fully saturated rings. The molecular formula is C36H35F6N2O2P. The van der Waals surface area contributed by atoms with E-state index < -0.39 is 66.3 Å². The molecule has 2 atom stereocenters. The largest absolute Gasteiger partial charge is 0.416 e. The Morgan fingerprint density at radius 3 is 1.53 bits per heavy atom. The summed E-state index contributed by atoms with van der Waals surface area (Å²) >= 11 is 0. The van der Waals surface area contributed by atoms with Crippen LogP contribution in [0.15, 0.2) is 109 Å². The van der Waals surface area contributed by atoms with Crippen LogP contribution in [0.25, 0.3) is 0 Å². The van der Waals surface area contributed by atoms with Gasteiger partial charge in [-0.05, 0) is 60.3 Å². The number of nitrogens with one attached hydrogen (secondary N) is 2. The molecule has 11 heteroatoms. The van der Waals surface area contributed by atoms with Crippen LogP contribution in [-0.2, 0) is 23.6 Å². The Kier molecular flexibility index (Phi) is 11.2. The fourth-order valence-corrected chi connectivity index (χ4v) is 7.56. The van der Waals surface area contributed by atoms with Crippen molar-refractivity contribution in [3.8, 4) is 0 Å². The summed E-state index contributed by atoms with van der Waals surface area (Å²) in [5, 5.41) is 7.69. The number of alkyl halides is 6. The number of halogens is 6. The van der Waals surface area contributed by atoms with Gasteiger partial charge in [0, 0.05) is 11.6 Å². The maximum atomic E-state index is 14.0. The molecule has 0 spiro atoms. The first-order chi connectivity index (χ1) is 22.0. The van der Waals surface area contributed by atoms with Gasteiger partial charge in [-0.15, -0.1) is 0 Å². The normalized spacial score (nSPS) is 13.6. The molecule has 47 heavy (non-hydrogen) atoms. The van der Waals surface area contributed by atoms with Gasteiger partial charge in [0.2, 0.25) is 5.91 Å². The van der Waals surface area contributed by atoms with E-state index >= 15 is 0 Å². The summed E-state index contributed by atoms with van der Waals surface area (Å²) in [6, 6.07) is 28.2. The minimum absolute atomic E-state index is 0.0450. The van der Waals surface area contributed by atoms with Crippen molar-refractivity contribution in [1.82, 2.24) is 10.6 Å². The molecule has 4 rings (SSSR count). The smallest absolute Gasteiger partial charge is 0.351 e. The van der Waals surface area contributed by atoms with Gasteiger partial charge in [-0.25, -0.2) is 0 Å². The number of carbonyl (C=O) groups excluding carboxylic acids is 2. The highest BCUT2D eigenvalue weighted by Crippen LogP contribution is 2.37. The van der Waals surface area contributed by atoms with E-state index in [1.54, 1.807) is 20.8 Å². The standard InChI is InChI=1S/C36H35F6N2O2P/c1-34(2,3)31(44-32(45)25-20-26(35(37,38)39)22-27(21-25)36(40,41)42)33(46)43-28(19-24-13-7-4-8-14-24)23-47(29-15-9-5-10-16-29)30-17-11-6-12-18-30/h4-18,20-22,28,31H,19,23H2,1-3H3,(H,43,46)(H,44,45)/t28-,31-/m0/s1. The van der Waals surface area contributed by atoms with E-state index in [1.807, 2.05) is 91.0 Å². The topological polar surface area (TPSA) is 58.2 Å². The Balaban J connectivity index is 1.66. The number of rotatable bonds is 10. The van der Waals surface area contributed by atoms with Gasteiger partial charge in [0.05, 0.1) is 11.1 Å². The Morgan fingerprint density at radius 2 is 1.11 bits per heavy atom. The van der Waals surface area contributed by atoms with Crippen LogP contribution >= 0.6 is 7.92 Å². The predicted octanol–water partition coefficient (Wildman–Crippen LogP) is 7.73. The third kappa shape index (κ3) is 9.91. The molecule has 0 bridgehead atoms. The Hall–Kier alpha value is -4.17. The van der Waals surface area contributed by atoms with E-state index in [-0.39, 0.29) is 6.07 Å². The Morgan fingerprint density at radius 1 is 0.660 bits per heavy atom. The lowest BCUT2D eigenvalue weighted by Crippen LogP contribution is -2.56. The monoisotopic (exact) mass is 672 g/mol. The highest BCUT2D eigenvalue weighted by molar-refractivity contribution is 7.73. The van der Waals surface area contributed by atoms with E-state index in [1.165, 1.54) is 0 Å². The second-order valence-electron chi connectivity index (χ2n) is 12.2. The number of amides is 2. The van der Waals surface area contributed by atoms with Crippen molar-refractivity contribution in [3.05, 3.63) is 131 Å². The van der Waals surface area contributed by atoms with Crippen molar-refractivity contribution in [3.63, 3.8) is 0 Å². The van der Waals surface area contributed by atoms with Crippen LogP contribution in [-0.4, -0.2) is 30.1 Å². The Bertz CT molecular complexity index is 1570. The molecule has 4 aromatic rings. The van der Waals surface area contributed by atoms with Gasteiger partial charge in [0.1, 0.15) is 6.04 Å². The van der Waals surface area contributed by atoms with Gasteiger partial charge in [0.15, 0.2) is 0 Å². The second-order valence-corrected chi connectivity index (χ2v) is 14.5. The molecule has 0 saturated carbocycles. The number of benzene rings is 4. The minimum atomic E-state index is -5.13. The summed E-state index contributed by atoms with van der Waals surface area (Å²) < 4.78 is 80.9. The van der Waals surface area contributed by atoms with Gasteiger partial charge in [-0.2, -0.15) is 26.3 Å².